The smallest absolute Gasteiger partial charge is 0.0421 e. The fraction of sp³-hybridized carbons (Fsp3) is 0.294. The van der Waals surface area contributed by atoms with Crippen LogP contribution in [-0.2, 0) is 13.0 Å². The van der Waals surface area contributed by atoms with Gasteiger partial charge in [0.1, 0.15) is 0 Å². The summed E-state index contributed by atoms with van der Waals surface area (Å²) >= 11 is 0. The van der Waals surface area contributed by atoms with Gasteiger partial charge in [-0.25, -0.2) is 0 Å². The van der Waals surface area contributed by atoms with Crippen molar-refractivity contribution in [1.82, 2.24) is 5.32 Å². The van der Waals surface area contributed by atoms with Crippen LogP contribution in [0.25, 0.3) is 0 Å². The molecule has 2 nitrogen and oxygen atoms in total. The molecule has 0 aromatic heterocycles. The molecule has 1 unspecified atom stereocenters. The number of aryl methyl sites for hydroxylation is 1. The molecular formula is C17H23ClN2. The Morgan fingerprint density at radius 1 is 0.950 bits per heavy atom. The van der Waals surface area contributed by atoms with Gasteiger partial charge in [0.2, 0.25) is 0 Å². The van der Waals surface area contributed by atoms with Gasteiger partial charge in [-0.15, -0.1) is 12.4 Å². The van der Waals surface area contributed by atoms with Crippen molar-refractivity contribution in [2.75, 3.05) is 6.54 Å². The number of nitrogens with two attached hydrogens (primary N) is 1. The molecule has 0 aliphatic heterocycles. The van der Waals surface area contributed by atoms with E-state index in [0.717, 1.165) is 19.5 Å². The molecule has 2 aromatic rings. The molecule has 3 N–H and O–H groups in total. The normalized spacial score (nSPS) is 11.7. The molecule has 3 heteroatoms. The predicted octanol–water partition coefficient (Wildman–Crippen LogP) is 3.46. The lowest BCUT2D eigenvalue weighted by Crippen LogP contribution is -2.26. The lowest BCUT2D eigenvalue weighted by Gasteiger charge is -2.13. The summed E-state index contributed by atoms with van der Waals surface area (Å²) < 4.78 is 0. The number of rotatable bonds is 6. The van der Waals surface area contributed by atoms with Crippen LogP contribution in [-0.4, -0.2) is 6.54 Å². The fourth-order valence-electron chi connectivity index (χ4n) is 2.09. The summed E-state index contributed by atoms with van der Waals surface area (Å²) in [5, 5.41) is 3.40. The highest BCUT2D eigenvalue weighted by molar-refractivity contribution is 5.85. The number of hydrogen-bond acceptors (Lipinski definition) is 2. The van der Waals surface area contributed by atoms with Gasteiger partial charge >= 0.3 is 0 Å². The van der Waals surface area contributed by atoms with Crippen molar-refractivity contribution < 1.29 is 0 Å². The highest BCUT2D eigenvalue weighted by Crippen LogP contribution is 2.11. The van der Waals surface area contributed by atoms with E-state index in [9.17, 15) is 0 Å². The van der Waals surface area contributed by atoms with Gasteiger partial charge < -0.3 is 11.1 Å². The van der Waals surface area contributed by atoms with Crippen molar-refractivity contribution in [3.63, 3.8) is 0 Å². The molecule has 1 atom stereocenters. The van der Waals surface area contributed by atoms with E-state index < -0.39 is 0 Å². The van der Waals surface area contributed by atoms with Gasteiger partial charge in [-0.2, -0.15) is 0 Å². The average Bonchev–Trinajstić information content (AvgIpc) is 2.48. The zero-order chi connectivity index (χ0) is 13.5. The topological polar surface area (TPSA) is 38.0 Å². The van der Waals surface area contributed by atoms with E-state index in [1.807, 2.05) is 6.07 Å². The second-order valence-corrected chi connectivity index (χ2v) is 4.82. The molecular weight excluding hydrogens is 268 g/mol. The minimum atomic E-state index is 0. The molecule has 0 saturated heterocycles. The lowest BCUT2D eigenvalue weighted by atomic mass is 10.0. The molecule has 0 aliphatic rings. The molecule has 0 radical (unpaired) electrons. The van der Waals surface area contributed by atoms with Gasteiger partial charge in [0.15, 0.2) is 0 Å². The Bertz CT molecular complexity index is 482. The van der Waals surface area contributed by atoms with Crippen LogP contribution in [0.15, 0.2) is 54.6 Å². The third-order valence-corrected chi connectivity index (χ3v) is 3.35. The summed E-state index contributed by atoms with van der Waals surface area (Å²) in [6.45, 7) is 3.82. The Morgan fingerprint density at radius 3 is 2.20 bits per heavy atom. The van der Waals surface area contributed by atoms with Crippen LogP contribution in [0.2, 0.25) is 0 Å². The van der Waals surface area contributed by atoms with Crippen molar-refractivity contribution in [2.45, 2.75) is 25.9 Å². The Labute approximate surface area is 127 Å². The van der Waals surface area contributed by atoms with Crippen LogP contribution in [0.3, 0.4) is 0 Å². The van der Waals surface area contributed by atoms with E-state index in [0.29, 0.717) is 0 Å². The van der Waals surface area contributed by atoms with Crippen LogP contribution in [0.1, 0.15) is 29.7 Å². The first kappa shape index (κ1) is 16.7. The second-order valence-electron chi connectivity index (χ2n) is 4.82. The van der Waals surface area contributed by atoms with Crippen molar-refractivity contribution in [3.05, 3.63) is 71.3 Å². The van der Waals surface area contributed by atoms with E-state index in [1.54, 1.807) is 0 Å². The molecule has 2 rings (SSSR count). The molecule has 20 heavy (non-hydrogen) atoms. The van der Waals surface area contributed by atoms with Crippen molar-refractivity contribution >= 4 is 12.4 Å². The van der Waals surface area contributed by atoms with Crippen molar-refractivity contribution in [3.8, 4) is 0 Å². The van der Waals surface area contributed by atoms with Crippen LogP contribution in [0, 0.1) is 0 Å². The standard InChI is InChI=1S/C17H22N2.ClH/c1-2-14-8-10-16(11-9-14)17(18)13-19-12-15-6-4-3-5-7-15;/h3-11,17,19H,2,12-13,18H2,1H3;1H. The summed E-state index contributed by atoms with van der Waals surface area (Å²) in [5.74, 6) is 0. The zero-order valence-electron chi connectivity index (χ0n) is 11.9. The molecule has 0 heterocycles. The minimum absolute atomic E-state index is 0. The zero-order valence-corrected chi connectivity index (χ0v) is 12.7. The summed E-state index contributed by atoms with van der Waals surface area (Å²) in [5.41, 5.74) is 10.0. The minimum Gasteiger partial charge on any atom is -0.323 e. The van der Waals surface area contributed by atoms with Gasteiger partial charge in [0, 0.05) is 19.1 Å². The van der Waals surface area contributed by atoms with E-state index >= 15 is 0 Å². The van der Waals surface area contributed by atoms with Gasteiger partial charge in [-0.1, -0.05) is 61.5 Å². The maximum absolute atomic E-state index is 6.19. The number of nitrogens with one attached hydrogen (secondary N) is 1. The fourth-order valence-corrected chi connectivity index (χ4v) is 2.09. The summed E-state index contributed by atoms with van der Waals surface area (Å²) in [4.78, 5) is 0. The third kappa shape index (κ3) is 4.97. The highest BCUT2D eigenvalue weighted by Gasteiger charge is 2.05. The van der Waals surface area contributed by atoms with Gasteiger partial charge in [-0.05, 0) is 23.1 Å². The Balaban J connectivity index is 0.00000200. The van der Waals surface area contributed by atoms with Crippen molar-refractivity contribution in [1.29, 1.82) is 0 Å². The van der Waals surface area contributed by atoms with Crippen LogP contribution in [0.4, 0.5) is 0 Å². The number of halogens is 1. The van der Waals surface area contributed by atoms with Gasteiger partial charge in [-0.3, -0.25) is 0 Å². The van der Waals surface area contributed by atoms with Crippen molar-refractivity contribution in [2.24, 2.45) is 5.73 Å². The first-order valence-corrected chi connectivity index (χ1v) is 6.88. The van der Waals surface area contributed by atoms with E-state index in [4.69, 9.17) is 5.73 Å². The Hall–Kier alpha value is -1.35. The monoisotopic (exact) mass is 290 g/mol. The highest BCUT2D eigenvalue weighted by atomic mass is 35.5. The average molecular weight is 291 g/mol. The van der Waals surface area contributed by atoms with Crippen LogP contribution in [0.5, 0.6) is 0 Å². The number of benzene rings is 2. The van der Waals surface area contributed by atoms with Gasteiger partial charge in [0.25, 0.3) is 0 Å². The summed E-state index contributed by atoms with van der Waals surface area (Å²) in [6, 6.07) is 19.0. The van der Waals surface area contributed by atoms with E-state index in [-0.39, 0.29) is 18.4 Å². The largest absolute Gasteiger partial charge is 0.323 e. The molecule has 0 aliphatic carbocycles. The van der Waals surface area contributed by atoms with Crippen LogP contribution >= 0.6 is 12.4 Å². The molecule has 2 aromatic carbocycles. The van der Waals surface area contributed by atoms with Gasteiger partial charge in [0.05, 0.1) is 0 Å². The van der Waals surface area contributed by atoms with E-state index in [2.05, 4.69) is 60.8 Å². The predicted molar refractivity (Wildman–Crippen MR) is 88.1 cm³/mol. The molecule has 0 bridgehead atoms. The maximum Gasteiger partial charge on any atom is 0.0421 e. The molecule has 0 amide bonds. The third-order valence-electron chi connectivity index (χ3n) is 3.35. The molecule has 108 valence electrons. The summed E-state index contributed by atoms with van der Waals surface area (Å²) in [6.07, 6.45) is 1.07. The first-order valence-electron chi connectivity index (χ1n) is 6.88. The first-order chi connectivity index (χ1) is 9.29. The quantitative estimate of drug-likeness (QED) is 0.855. The molecule has 0 fully saturated rings. The number of hydrogen-bond donors (Lipinski definition) is 2. The van der Waals surface area contributed by atoms with E-state index in [1.165, 1.54) is 16.7 Å². The SMILES string of the molecule is CCc1ccc(C(N)CNCc2ccccc2)cc1.Cl. The second kappa shape index (κ2) is 8.75. The lowest BCUT2D eigenvalue weighted by molar-refractivity contribution is 0.598. The van der Waals surface area contributed by atoms with Crippen LogP contribution < -0.4 is 11.1 Å². The molecule has 0 spiro atoms. The Kier molecular flexibility index (Phi) is 7.31. The Morgan fingerprint density at radius 2 is 1.60 bits per heavy atom. The summed E-state index contributed by atoms with van der Waals surface area (Å²) in [7, 11) is 0. The molecule has 0 saturated carbocycles. The maximum atomic E-state index is 6.19.